The summed E-state index contributed by atoms with van der Waals surface area (Å²) in [4.78, 5) is 25.6. The summed E-state index contributed by atoms with van der Waals surface area (Å²) in [6.07, 6.45) is 3.05. The minimum absolute atomic E-state index is 0.155. The fraction of sp³-hybridized carbons (Fsp3) is 0.185. The number of hydrogen-bond donors (Lipinski definition) is 0. The molecule has 182 valence electrons. The van der Waals surface area contributed by atoms with Crippen LogP contribution in [0.3, 0.4) is 0 Å². The van der Waals surface area contributed by atoms with Gasteiger partial charge in [0.25, 0.3) is 0 Å². The van der Waals surface area contributed by atoms with Crippen LogP contribution in [0.25, 0.3) is 6.08 Å². The summed E-state index contributed by atoms with van der Waals surface area (Å²) in [7, 11) is 7.39. The molecule has 8 heteroatoms. The van der Waals surface area contributed by atoms with Crippen molar-refractivity contribution in [2.24, 2.45) is 0 Å². The Balaban J connectivity index is 1.82. The first-order chi connectivity index (χ1) is 16.9. The Bertz CT molecular complexity index is 1220. The normalized spacial score (nSPS) is 10.5. The molecule has 0 heterocycles. The zero-order valence-corrected chi connectivity index (χ0v) is 20.1. The molecular weight excluding hydrogens is 452 g/mol. The monoisotopic (exact) mass is 478 g/mol. The third-order valence-electron chi connectivity index (χ3n) is 5.12. The minimum Gasteiger partial charge on any atom is -0.497 e. The number of ketones is 1. The molecule has 0 aliphatic heterocycles. The Morgan fingerprint density at radius 3 is 1.91 bits per heavy atom. The predicted octanol–water partition coefficient (Wildman–Crippen LogP) is 4.84. The van der Waals surface area contributed by atoms with Gasteiger partial charge in [-0.15, -0.1) is 0 Å². The molecule has 0 amide bonds. The van der Waals surface area contributed by atoms with Crippen molar-refractivity contribution in [3.8, 4) is 34.5 Å². The number of hydrogen-bond acceptors (Lipinski definition) is 8. The average molecular weight is 478 g/mol. The second kappa shape index (κ2) is 11.6. The molecule has 3 aromatic rings. The highest BCUT2D eigenvalue weighted by Gasteiger charge is 2.22. The van der Waals surface area contributed by atoms with Crippen molar-refractivity contribution in [3.63, 3.8) is 0 Å². The minimum atomic E-state index is -0.664. The summed E-state index contributed by atoms with van der Waals surface area (Å²) in [6.45, 7) is 0. The Hall–Kier alpha value is -4.46. The standard InChI is InChI=1S/C27H26O8/c1-30-18-11-12-19(24(16-18)33-4)20(28)13-9-17-10-14-21(25(15-17)34-5)35-27(29)26-22(31-2)7-6-8-23(26)32-3/h6-16H,1-5H3. The molecule has 0 bridgehead atoms. The van der Waals surface area contributed by atoms with Gasteiger partial charge < -0.3 is 28.4 Å². The number of allylic oxidation sites excluding steroid dienone is 1. The number of ether oxygens (including phenoxy) is 6. The maximum Gasteiger partial charge on any atom is 0.351 e. The van der Waals surface area contributed by atoms with Crippen LogP contribution in [0.15, 0.2) is 60.7 Å². The first kappa shape index (κ1) is 25.2. The molecule has 3 rings (SSSR count). The molecule has 0 saturated heterocycles. The molecular formula is C27H26O8. The van der Waals surface area contributed by atoms with Gasteiger partial charge in [-0.2, -0.15) is 0 Å². The number of methoxy groups -OCH3 is 5. The van der Waals surface area contributed by atoms with Gasteiger partial charge in [0.2, 0.25) is 0 Å². The Morgan fingerprint density at radius 2 is 1.31 bits per heavy atom. The number of rotatable bonds is 10. The largest absolute Gasteiger partial charge is 0.497 e. The van der Waals surface area contributed by atoms with Crippen LogP contribution in [-0.4, -0.2) is 47.3 Å². The van der Waals surface area contributed by atoms with Crippen molar-refractivity contribution in [1.29, 1.82) is 0 Å². The third-order valence-corrected chi connectivity index (χ3v) is 5.12. The van der Waals surface area contributed by atoms with Crippen molar-refractivity contribution in [1.82, 2.24) is 0 Å². The summed E-state index contributed by atoms with van der Waals surface area (Å²) in [5.74, 6) is 1.23. The maximum absolute atomic E-state index is 12.9. The molecule has 3 aromatic carbocycles. The molecule has 0 radical (unpaired) electrons. The number of benzene rings is 3. The molecule has 0 N–H and O–H groups in total. The second-order valence-electron chi connectivity index (χ2n) is 7.10. The SMILES string of the molecule is COc1ccc(C(=O)C=Cc2ccc(OC(=O)c3c(OC)cccc3OC)c(OC)c2)c(OC)c1. The van der Waals surface area contributed by atoms with Crippen molar-refractivity contribution < 1.29 is 38.0 Å². The van der Waals surface area contributed by atoms with E-state index in [0.717, 1.165) is 0 Å². The summed E-state index contributed by atoms with van der Waals surface area (Å²) >= 11 is 0. The van der Waals surface area contributed by atoms with Gasteiger partial charge in [-0.05, 0) is 48.0 Å². The van der Waals surface area contributed by atoms with Crippen LogP contribution in [0.4, 0.5) is 0 Å². The van der Waals surface area contributed by atoms with Crippen LogP contribution in [-0.2, 0) is 0 Å². The van der Waals surface area contributed by atoms with E-state index in [2.05, 4.69) is 0 Å². The summed E-state index contributed by atoms with van der Waals surface area (Å²) < 4.78 is 32.0. The fourth-order valence-electron chi connectivity index (χ4n) is 3.34. The molecule has 0 aliphatic carbocycles. The molecule has 0 saturated carbocycles. The molecule has 0 unspecified atom stereocenters. The maximum atomic E-state index is 12.9. The zero-order chi connectivity index (χ0) is 25.4. The summed E-state index contributed by atoms with van der Waals surface area (Å²) in [5, 5.41) is 0. The van der Waals surface area contributed by atoms with Gasteiger partial charge in [-0.25, -0.2) is 4.79 Å². The van der Waals surface area contributed by atoms with E-state index in [1.54, 1.807) is 60.7 Å². The van der Waals surface area contributed by atoms with Gasteiger partial charge in [-0.3, -0.25) is 4.79 Å². The lowest BCUT2D eigenvalue weighted by molar-refractivity contribution is 0.0722. The smallest absolute Gasteiger partial charge is 0.351 e. The molecule has 0 aromatic heterocycles. The van der Waals surface area contributed by atoms with Gasteiger partial charge in [0, 0.05) is 6.07 Å². The lowest BCUT2D eigenvalue weighted by Gasteiger charge is -2.14. The van der Waals surface area contributed by atoms with Gasteiger partial charge in [0.05, 0.1) is 41.1 Å². The van der Waals surface area contributed by atoms with E-state index in [0.29, 0.717) is 39.9 Å². The molecule has 0 fully saturated rings. The van der Waals surface area contributed by atoms with Crippen LogP contribution < -0.4 is 28.4 Å². The quantitative estimate of drug-likeness (QED) is 0.177. The highest BCUT2D eigenvalue weighted by atomic mass is 16.6. The van der Waals surface area contributed by atoms with E-state index in [9.17, 15) is 9.59 Å². The first-order valence-electron chi connectivity index (χ1n) is 10.5. The first-order valence-corrected chi connectivity index (χ1v) is 10.5. The molecule has 35 heavy (non-hydrogen) atoms. The van der Waals surface area contributed by atoms with E-state index in [1.165, 1.54) is 41.6 Å². The lowest BCUT2D eigenvalue weighted by atomic mass is 10.1. The predicted molar refractivity (Wildman–Crippen MR) is 130 cm³/mol. The van der Waals surface area contributed by atoms with Gasteiger partial charge >= 0.3 is 5.97 Å². The van der Waals surface area contributed by atoms with E-state index in [-0.39, 0.29) is 17.1 Å². The lowest BCUT2D eigenvalue weighted by Crippen LogP contribution is -2.12. The number of esters is 1. The third kappa shape index (κ3) is 5.73. The van der Waals surface area contributed by atoms with Crippen molar-refractivity contribution in [2.45, 2.75) is 0 Å². The summed E-state index contributed by atoms with van der Waals surface area (Å²) in [5.41, 5.74) is 1.22. The highest BCUT2D eigenvalue weighted by Crippen LogP contribution is 2.33. The Kier molecular flexibility index (Phi) is 8.34. The van der Waals surface area contributed by atoms with E-state index >= 15 is 0 Å². The molecule has 0 atom stereocenters. The average Bonchev–Trinajstić information content (AvgIpc) is 2.90. The van der Waals surface area contributed by atoms with Crippen LogP contribution >= 0.6 is 0 Å². The Labute approximate surface area is 203 Å². The summed E-state index contributed by atoms with van der Waals surface area (Å²) in [6, 6.07) is 14.9. The Morgan fingerprint density at radius 1 is 0.657 bits per heavy atom. The van der Waals surface area contributed by atoms with E-state index in [4.69, 9.17) is 28.4 Å². The van der Waals surface area contributed by atoms with Crippen molar-refractivity contribution in [2.75, 3.05) is 35.5 Å². The van der Waals surface area contributed by atoms with Crippen LogP contribution in [0, 0.1) is 0 Å². The number of carbonyl (C=O) groups is 2. The molecule has 0 spiro atoms. The van der Waals surface area contributed by atoms with Crippen molar-refractivity contribution >= 4 is 17.8 Å². The number of carbonyl (C=O) groups excluding carboxylic acids is 2. The van der Waals surface area contributed by atoms with Crippen LogP contribution in [0.1, 0.15) is 26.3 Å². The van der Waals surface area contributed by atoms with Gasteiger partial charge in [0.15, 0.2) is 17.3 Å². The van der Waals surface area contributed by atoms with E-state index in [1.807, 2.05) is 0 Å². The fourth-order valence-corrected chi connectivity index (χ4v) is 3.34. The van der Waals surface area contributed by atoms with Crippen molar-refractivity contribution in [3.05, 3.63) is 77.4 Å². The zero-order valence-electron chi connectivity index (χ0n) is 20.1. The van der Waals surface area contributed by atoms with Gasteiger partial charge in [0.1, 0.15) is 28.6 Å². The highest BCUT2D eigenvalue weighted by molar-refractivity contribution is 6.08. The van der Waals surface area contributed by atoms with Crippen LogP contribution in [0.5, 0.6) is 34.5 Å². The molecule has 8 nitrogen and oxygen atoms in total. The second-order valence-corrected chi connectivity index (χ2v) is 7.10. The van der Waals surface area contributed by atoms with Gasteiger partial charge in [-0.1, -0.05) is 18.2 Å². The molecule has 0 aliphatic rings. The topological polar surface area (TPSA) is 89.5 Å². The van der Waals surface area contributed by atoms with Crippen LogP contribution in [0.2, 0.25) is 0 Å². The van der Waals surface area contributed by atoms with E-state index < -0.39 is 5.97 Å².